The van der Waals surface area contributed by atoms with Crippen molar-refractivity contribution in [1.82, 2.24) is 9.88 Å². The first-order valence-corrected chi connectivity index (χ1v) is 8.56. The van der Waals surface area contributed by atoms with Crippen LogP contribution in [0.1, 0.15) is 36.9 Å². The van der Waals surface area contributed by atoms with E-state index in [9.17, 15) is 4.79 Å². The first-order chi connectivity index (χ1) is 10.7. The van der Waals surface area contributed by atoms with Crippen LogP contribution in [0.5, 0.6) is 0 Å². The lowest BCUT2D eigenvalue weighted by Crippen LogP contribution is -2.57. The topological polar surface area (TPSA) is 36.1 Å². The lowest BCUT2D eigenvalue weighted by molar-refractivity contribution is -0.129. The number of aromatic amines is 1. The van der Waals surface area contributed by atoms with E-state index in [4.69, 9.17) is 0 Å². The molecule has 3 fully saturated rings. The minimum absolute atomic E-state index is 0.245. The van der Waals surface area contributed by atoms with E-state index in [2.05, 4.69) is 34.1 Å². The third kappa shape index (κ3) is 1.63. The highest BCUT2D eigenvalue weighted by molar-refractivity contribution is 5.85. The van der Waals surface area contributed by atoms with Gasteiger partial charge in [0.2, 0.25) is 0 Å². The maximum Gasteiger partial charge on any atom is 0.134 e. The lowest BCUT2D eigenvalue weighted by atomic mass is 9.65. The Labute approximate surface area is 130 Å². The minimum atomic E-state index is 0.245. The first-order valence-electron chi connectivity index (χ1n) is 8.56. The van der Waals surface area contributed by atoms with E-state index in [0.717, 1.165) is 19.4 Å². The van der Waals surface area contributed by atoms with Crippen LogP contribution in [0.4, 0.5) is 0 Å². The average Bonchev–Trinajstić information content (AvgIpc) is 2.86. The van der Waals surface area contributed by atoms with Gasteiger partial charge in [-0.1, -0.05) is 18.2 Å². The van der Waals surface area contributed by atoms with E-state index >= 15 is 0 Å². The summed E-state index contributed by atoms with van der Waals surface area (Å²) in [5.41, 5.74) is 4.21. The third-order valence-corrected chi connectivity index (χ3v) is 6.30. The predicted molar refractivity (Wildman–Crippen MR) is 87.0 cm³/mol. The van der Waals surface area contributed by atoms with Crippen molar-refractivity contribution in [1.29, 1.82) is 0 Å². The van der Waals surface area contributed by atoms with Gasteiger partial charge < -0.3 is 4.98 Å². The van der Waals surface area contributed by atoms with Gasteiger partial charge in [0.05, 0.1) is 0 Å². The van der Waals surface area contributed by atoms with Gasteiger partial charge in [-0.25, -0.2) is 0 Å². The fourth-order valence-electron chi connectivity index (χ4n) is 5.48. The van der Waals surface area contributed by atoms with Crippen molar-refractivity contribution < 1.29 is 4.79 Å². The number of benzene rings is 1. The first kappa shape index (κ1) is 12.9. The van der Waals surface area contributed by atoms with E-state index in [1.807, 2.05) is 0 Å². The number of H-pyrrole nitrogens is 1. The number of para-hydroxylation sites is 1. The van der Waals surface area contributed by atoms with E-state index in [-0.39, 0.29) is 5.92 Å². The lowest BCUT2D eigenvalue weighted by Gasteiger charge is -2.52. The largest absolute Gasteiger partial charge is 0.358 e. The number of hydrogen-bond acceptors (Lipinski definition) is 2. The molecule has 3 aliphatic heterocycles. The second-order valence-corrected chi connectivity index (χ2v) is 7.46. The standard InChI is InChI=1S/C19H22N2O/c1-11(22)15-8-12-9-16-18-14(6-7-21(10-12)19(15)16)13-4-2-3-5-17(13)20-18/h2-5,12,15-16,19-20H,6-10H2,1H3/t12-,15-,16+,19+/m1/s1. The molecule has 22 heavy (non-hydrogen) atoms. The Kier molecular flexibility index (Phi) is 2.61. The number of aromatic nitrogens is 1. The summed E-state index contributed by atoms with van der Waals surface area (Å²) < 4.78 is 0. The third-order valence-electron chi connectivity index (χ3n) is 6.30. The summed E-state index contributed by atoms with van der Waals surface area (Å²) in [7, 11) is 0. The number of ketones is 1. The van der Waals surface area contributed by atoms with Gasteiger partial charge in [0.1, 0.15) is 5.78 Å². The van der Waals surface area contributed by atoms with E-state index < -0.39 is 0 Å². The molecule has 1 aromatic heterocycles. The maximum absolute atomic E-state index is 12.2. The molecule has 1 unspecified atom stereocenters. The summed E-state index contributed by atoms with van der Waals surface area (Å²) in [5, 5.41) is 1.39. The van der Waals surface area contributed by atoms with Crippen LogP contribution < -0.4 is 0 Å². The van der Waals surface area contributed by atoms with Crippen molar-refractivity contribution in [2.24, 2.45) is 11.8 Å². The van der Waals surface area contributed by atoms with Gasteiger partial charge in [0.25, 0.3) is 0 Å². The van der Waals surface area contributed by atoms with Crippen molar-refractivity contribution in [2.75, 3.05) is 13.1 Å². The molecule has 4 aliphatic rings. The molecule has 2 saturated heterocycles. The Morgan fingerprint density at radius 3 is 3.00 bits per heavy atom. The summed E-state index contributed by atoms with van der Waals surface area (Å²) in [4.78, 5) is 18.5. The van der Waals surface area contributed by atoms with Crippen molar-refractivity contribution in [3.8, 4) is 0 Å². The smallest absolute Gasteiger partial charge is 0.134 e. The summed E-state index contributed by atoms with van der Waals surface area (Å²) in [6.45, 7) is 4.11. The fraction of sp³-hybridized carbons (Fsp3) is 0.526. The Hall–Kier alpha value is -1.61. The number of carbonyl (C=O) groups is 1. The predicted octanol–water partition coefficient (Wildman–Crippen LogP) is 3.11. The molecule has 0 radical (unpaired) electrons. The number of fused-ring (bicyclic) bond motifs is 4. The number of Topliss-reactive ketones (excluding diaryl/α,β-unsaturated/α-hetero) is 1. The van der Waals surface area contributed by atoms with Crippen LogP contribution in [0.2, 0.25) is 0 Å². The molecule has 114 valence electrons. The quantitative estimate of drug-likeness (QED) is 0.877. The second kappa shape index (κ2) is 4.45. The van der Waals surface area contributed by atoms with Gasteiger partial charge in [-0.3, -0.25) is 9.69 Å². The summed E-state index contributed by atoms with van der Waals surface area (Å²) >= 11 is 0. The van der Waals surface area contributed by atoms with Gasteiger partial charge >= 0.3 is 0 Å². The van der Waals surface area contributed by atoms with Gasteiger partial charge in [-0.05, 0) is 43.7 Å². The molecule has 6 rings (SSSR count). The van der Waals surface area contributed by atoms with E-state index in [0.29, 0.717) is 23.7 Å². The molecule has 0 spiro atoms. The molecular formula is C19H22N2O. The second-order valence-electron chi connectivity index (χ2n) is 7.46. The van der Waals surface area contributed by atoms with Crippen molar-refractivity contribution in [3.05, 3.63) is 35.5 Å². The molecule has 1 aliphatic carbocycles. The van der Waals surface area contributed by atoms with Crippen LogP contribution >= 0.6 is 0 Å². The Balaban J connectivity index is 1.69. The van der Waals surface area contributed by atoms with Crippen molar-refractivity contribution in [3.63, 3.8) is 0 Å². The highest BCUT2D eigenvalue weighted by atomic mass is 16.1. The van der Waals surface area contributed by atoms with Crippen LogP contribution in [0.3, 0.4) is 0 Å². The van der Waals surface area contributed by atoms with Crippen LogP contribution in [0, 0.1) is 11.8 Å². The summed E-state index contributed by atoms with van der Waals surface area (Å²) in [6, 6.07) is 9.10. The van der Waals surface area contributed by atoms with Crippen LogP contribution in [-0.2, 0) is 11.2 Å². The Morgan fingerprint density at radius 2 is 2.14 bits per heavy atom. The molecule has 1 aromatic carbocycles. The summed E-state index contributed by atoms with van der Waals surface area (Å²) in [5.74, 6) is 1.85. The number of rotatable bonds is 1. The number of carbonyl (C=O) groups excluding carboxylic acids is 1. The molecule has 4 heterocycles. The Morgan fingerprint density at radius 1 is 1.27 bits per heavy atom. The Bertz CT molecular complexity index is 762. The highest BCUT2D eigenvalue weighted by Gasteiger charge is 2.50. The molecule has 0 amide bonds. The number of nitrogens with zero attached hydrogens (tertiary/aromatic N) is 1. The van der Waals surface area contributed by atoms with Crippen LogP contribution in [-0.4, -0.2) is 34.8 Å². The van der Waals surface area contributed by atoms with Gasteiger partial charge in [0, 0.05) is 47.6 Å². The van der Waals surface area contributed by atoms with Crippen LogP contribution in [0.25, 0.3) is 10.9 Å². The molecular weight excluding hydrogens is 272 g/mol. The highest BCUT2D eigenvalue weighted by Crippen LogP contribution is 2.50. The minimum Gasteiger partial charge on any atom is -0.358 e. The molecule has 4 bridgehead atoms. The number of piperidine rings is 2. The number of nitrogens with one attached hydrogen (secondary N) is 1. The van der Waals surface area contributed by atoms with Crippen molar-refractivity contribution >= 4 is 16.7 Å². The normalized spacial score (nSPS) is 36.1. The average molecular weight is 294 g/mol. The monoisotopic (exact) mass is 294 g/mol. The van der Waals surface area contributed by atoms with E-state index in [1.54, 1.807) is 6.92 Å². The van der Waals surface area contributed by atoms with Crippen molar-refractivity contribution in [2.45, 2.75) is 38.1 Å². The van der Waals surface area contributed by atoms with Gasteiger partial charge in [-0.15, -0.1) is 0 Å². The molecule has 1 N–H and O–H groups in total. The van der Waals surface area contributed by atoms with Crippen LogP contribution in [0.15, 0.2) is 24.3 Å². The van der Waals surface area contributed by atoms with Gasteiger partial charge in [-0.2, -0.15) is 0 Å². The SMILES string of the molecule is CC(=O)[C@H]1C[C@@H]2C[C@H]3c4[nH]c5ccccc5c4CCN(C2)[C@@H]13. The van der Waals surface area contributed by atoms with Gasteiger partial charge in [0.15, 0.2) is 0 Å². The zero-order chi connectivity index (χ0) is 14.8. The molecule has 5 atom stereocenters. The molecule has 1 saturated carbocycles. The zero-order valence-electron chi connectivity index (χ0n) is 13.0. The summed E-state index contributed by atoms with van der Waals surface area (Å²) in [6.07, 6.45) is 3.48. The molecule has 2 aromatic rings. The zero-order valence-corrected chi connectivity index (χ0v) is 13.0. The van der Waals surface area contributed by atoms with E-state index in [1.165, 1.54) is 35.1 Å². The fourth-order valence-corrected chi connectivity index (χ4v) is 5.48. The molecule has 3 heteroatoms. The maximum atomic E-state index is 12.2. The number of hydrogen-bond donors (Lipinski definition) is 1. The molecule has 3 nitrogen and oxygen atoms in total.